The maximum absolute atomic E-state index is 8.99. The number of halogens is 1. The SMILES string of the molecule is Cc1cc(C)cc(-n2c(SCc3ccc(C#N)cc3)nnc2-c2ccc(Br)cc2)c1. The summed E-state index contributed by atoms with van der Waals surface area (Å²) in [6.45, 7) is 4.20. The topological polar surface area (TPSA) is 54.5 Å². The van der Waals surface area contributed by atoms with E-state index in [1.807, 2.05) is 48.5 Å². The lowest BCUT2D eigenvalue weighted by molar-refractivity contribution is 0.884. The van der Waals surface area contributed by atoms with Crippen LogP contribution < -0.4 is 0 Å². The maximum atomic E-state index is 8.99. The van der Waals surface area contributed by atoms with Crippen LogP contribution in [0.15, 0.2) is 76.4 Å². The van der Waals surface area contributed by atoms with Crippen LogP contribution >= 0.6 is 27.7 Å². The molecule has 1 heterocycles. The Morgan fingerprint density at radius 1 is 0.933 bits per heavy atom. The van der Waals surface area contributed by atoms with Gasteiger partial charge >= 0.3 is 0 Å². The number of nitriles is 1. The molecule has 0 fully saturated rings. The van der Waals surface area contributed by atoms with E-state index in [2.05, 4.69) is 68.8 Å². The van der Waals surface area contributed by atoms with E-state index in [9.17, 15) is 0 Å². The van der Waals surface area contributed by atoms with E-state index in [1.165, 1.54) is 11.1 Å². The fourth-order valence-electron chi connectivity index (χ4n) is 3.29. The fourth-order valence-corrected chi connectivity index (χ4v) is 4.46. The van der Waals surface area contributed by atoms with Crippen molar-refractivity contribution in [2.45, 2.75) is 24.8 Å². The average Bonchev–Trinajstić information content (AvgIpc) is 3.16. The Bertz CT molecular complexity index is 1200. The first-order chi connectivity index (χ1) is 14.5. The maximum Gasteiger partial charge on any atom is 0.196 e. The summed E-state index contributed by atoms with van der Waals surface area (Å²) < 4.78 is 3.15. The molecule has 4 aromatic rings. The zero-order valence-corrected chi connectivity index (χ0v) is 19.0. The molecular weight excluding hydrogens is 456 g/mol. The normalized spacial score (nSPS) is 10.7. The van der Waals surface area contributed by atoms with E-state index >= 15 is 0 Å². The number of aryl methyl sites for hydroxylation is 2. The molecule has 0 N–H and O–H groups in total. The Balaban J connectivity index is 1.74. The smallest absolute Gasteiger partial charge is 0.196 e. The van der Waals surface area contributed by atoms with Crippen LogP contribution in [0.5, 0.6) is 0 Å². The van der Waals surface area contributed by atoms with Gasteiger partial charge in [-0.25, -0.2) is 0 Å². The fraction of sp³-hybridized carbons (Fsp3) is 0.125. The van der Waals surface area contributed by atoms with E-state index in [0.717, 1.165) is 38.0 Å². The third-order valence-corrected chi connectivity index (χ3v) is 6.18. The highest BCUT2D eigenvalue weighted by Gasteiger charge is 2.17. The van der Waals surface area contributed by atoms with Gasteiger partial charge in [0, 0.05) is 15.8 Å². The number of rotatable bonds is 5. The summed E-state index contributed by atoms with van der Waals surface area (Å²) >= 11 is 5.14. The van der Waals surface area contributed by atoms with Crippen LogP contribution in [0.3, 0.4) is 0 Å². The summed E-state index contributed by atoms with van der Waals surface area (Å²) in [5.74, 6) is 1.56. The quantitative estimate of drug-likeness (QED) is 0.310. The first-order valence-corrected chi connectivity index (χ1v) is 11.2. The van der Waals surface area contributed by atoms with Crippen molar-refractivity contribution in [1.29, 1.82) is 5.26 Å². The lowest BCUT2D eigenvalue weighted by Gasteiger charge is -2.12. The number of aromatic nitrogens is 3. The Labute approximate surface area is 188 Å². The number of thioether (sulfide) groups is 1. The molecule has 30 heavy (non-hydrogen) atoms. The van der Waals surface area contributed by atoms with E-state index < -0.39 is 0 Å². The minimum Gasteiger partial charge on any atom is -0.270 e. The molecule has 0 amide bonds. The Hall–Kier alpha value is -2.88. The van der Waals surface area contributed by atoms with Gasteiger partial charge in [-0.05, 0) is 66.9 Å². The van der Waals surface area contributed by atoms with Crippen molar-refractivity contribution in [2.75, 3.05) is 0 Å². The average molecular weight is 475 g/mol. The summed E-state index contributed by atoms with van der Waals surface area (Å²) in [5, 5.41) is 18.9. The molecule has 4 nitrogen and oxygen atoms in total. The van der Waals surface area contributed by atoms with Crippen LogP contribution in [-0.4, -0.2) is 14.8 Å². The second-order valence-electron chi connectivity index (χ2n) is 7.09. The molecule has 0 aliphatic heterocycles. The lowest BCUT2D eigenvalue weighted by atomic mass is 10.1. The molecule has 0 aliphatic carbocycles. The van der Waals surface area contributed by atoms with Crippen LogP contribution in [0.2, 0.25) is 0 Å². The summed E-state index contributed by atoms with van der Waals surface area (Å²) in [5.41, 5.74) is 6.26. The van der Waals surface area contributed by atoms with Gasteiger partial charge in [0.15, 0.2) is 11.0 Å². The number of hydrogen-bond acceptors (Lipinski definition) is 4. The van der Waals surface area contributed by atoms with Crippen molar-refractivity contribution in [3.8, 4) is 23.1 Å². The predicted molar refractivity (Wildman–Crippen MR) is 125 cm³/mol. The van der Waals surface area contributed by atoms with Gasteiger partial charge in [0.2, 0.25) is 0 Å². The van der Waals surface area contributed by atoms with Gasteiger partial charge in [0.05, 0.1) is 17.3 Å². The summed E-state index contributed by atoms with van der Waals surface area (Å²) in [4.78, 5) is 0. The highest BCUT2D eigenvalue weighted by molar-refractivity contribution is 9.10. The second-order valence-corrected chi connectivity index (χ2v) is 8.95. The van der Waals surface area contributed by atoms with Crippen LogP contribution in [0.25, 0.3) is 17.1 Å². The standard InChI is InChI=1S/C24H19BrN4S/c1-16-11-17(2)13-22(12-16)29-23(20-7-9-21(25)10-8-20)27-28-24(29)30-15-19-5-3-18(14-26)4-6-19/h3-13H,15H2,1-2H3. The number of nitrogens with zero attached hydrogens (tertiary/aromatic N) is 4. The molecule has 0 aliphatic rings. The van der Waals surface area contributed by atoms with Gasteiger partial charge in [0.25, 0.3) is 0 Å². The van der Waals surface area contributed by atoms with E-state index in [-0.39, 0.29) is 0 Å². The molecule has 148 valence electrons. The van der Waals surface area contributed by atoms with Crippen molar-refractivity contribution >= 4 is 27.7 Å². The number of benzene rings is 3. The summed E-state index contributed by atoms with van der Waals surface area (Å²) in [7, 11) is 0. The second kappa shape index (κ2) is 8.86. The highest BCUT2D eigenvalue weighted by atomic mass is 79.9. The van der Waals surface area contributed by atoms with Gasteiger partial charge in [-0.15, -0.1) is 10.2 Å². The van der Waals surface area contributed by atoms with Gasteiger partial charge in [-0.1, -0.05) is 58.0 Å². The summed E-state index contributed by atoms with van der Waals surface area (Å²) in [6.07, 6.45) is 0. The van der Waals surface area contributed by atoms with Crippen molar-refractivity contribution in [3.63, 3.8) is 0 Å². The third kappa shape index (κ3) is 4.48. The number of hydrogen-bond donors (Lipinski definition) is 0. The molecule has 6 heteroatoms. The molecule has 0 atom stereocenters. The molecule has 0 spiro atoms. The molecule has 0 bridgehead atoms. The van der Waals surface area contributed by atoms with E-state index in [0.29, 0.717) is 5.56 Å². The van der Waals surface area contributed by atoms with Crippen molar-refractivity contribution in [3.05, 3.63) is 93.5 Å². The van der Waals surface area contributed by atoms with E-state index in [1.54, 1.807) is 11.8 Å². The zero-order valence-electron chi connectivity index (χ0n) is 16.6. The lowest BCUT2D eigenvalue weighted by Crippen LogP contribution is -2.01. The third-order valence-electron chi connectivity index (χ3n) is 4.65. The largest absolute Gasteiger partial charge is 0.270 e. The van der Waals surface area contributed by atoms with E-state index in [4.69, 9.17) is 5.26 Å². The molecular formula is C24H19BrN4S. The Morgan fingerprint density at radius 2 is 1.60 bits per heavy atom. The predicted octanol–water partition coefficient (Wildman–Crippen LogP) is 6.48. The zero-order chi connectivity index (χ0) is 21.1. The first kappa shape index (κ1) is 20.4. The van der Waals surface area contributed by atoms with Crippen LogP contribution in [-0.2, 0) is 5.75 Å². The summed E-state index contributed by atoms with van der Waals surface area (Å²) in [6, 6.07) is 24.4. The van der Waals surface area contributed by atoms with Gasteiger partial charge in [-0.3, -0.25) is 4.57 Å². The van der Waals surface area contributed by atoms with Gasteiger partial charge in [0.1, 0.15) is 0 Å². The minimum atomic E-state index is 0.666. The molecule has 0 saturated carbocycles. The first-order valence-electron chi connectivity index (χ1n) is 9.45. The van der Waals surface area contributed by atoms with Crippen molar-refractivity contribution in [2.24, 2.45) is 0 Å². The molecule has 0 unspecified atom stereocenters. The van der Waals surface area contributed by atoms with Gasteiger partial charge in [-0.2, -0.15) is 5.26 Å². The Morgan fingerprint density at radius 3 is 2.23 bits per heavy atom. The monoisotopic (exact) mass is 474 g/mol. The van der Waals surface area contributed by atoms with Crippen molar-refractivity contribution in [1.82, 2.24) is 14.8 Å². The highest BCUT2D eigenvalue weighted by Crippen LogP contribution is 2.31. The van der Waals surface area contributed by atoms with Crippen LogP contribution in [0.1, 0.15) is 22.3 Å². The molecule has 0 radical (unpaired) electrons. The minimum absolute atomic E-state index is 0.666. The molecule has 3 aromatic carbocycles. The van der Waals surface area contributed by atoms with Crippen LogP contribution in [0, 0.1) is 25.2 Å². The van der Waals surface area contributed by atoms with Gasteiger partial charge < -0.3 is 0 Å². The van der Waals surface area contributed by atoms with Crippen LogP contribution in [0.4, 0.5) is 0 Å². The van der Waals surface area contributed by atoms with Crippen molar-refractivity contribution < 1.29 is 0 Å². The Kier molecular flexibility index (Phi) is 6.03. The molecule has 1 aromatic heterocycles. The molecule has 4 rings (SSSR count). The molecule has 0 saturated heterocycles.